The second-order valence-electron chi connectivity index (χ2n) is 6.15. The van der Waals surface area contributed by atoms with E-state index < -0.39 is 30.8 Å². The summed E-state index contributed by atoms with van der Waals surface area (Å²) in [7, 11) is 1.44. The highest BCUT2D eigenvalue weighted by atomic mass is 16.5. The molecular weight excluding hydrogens is 364 g/mol. The number of nitrogens with one attached hydrogen (secondary N) is 2. The number of hydrogen-bond donors (Lipinski definition) is 2. The number of amides is 1. The predicted molar refractivity (Wildman–Crippen MR) is 101 cm³/mol. The highest BCUT2D eigenvalue weighted by molar-refractivity contribution is 6.04. The van der Waals surface area contributed by atoms with Gasteiger partial charge >= 0.3 is 5.97 Å². The molecule has 0 spiro atoms. The van der Waals surface area contributed by atoms with Crippen LogP contribution in [0.3, 0.4) is 0 Å². The first-order valence-electron chi connectivity index (χ1n) is 8.56. The van der Waals surface area contributed by atoms with E-state index in [9.17, 15) is 19.2 Å². The quantitative estimate of drug-likeness (QED) is 0.530. The second kappa shape index (κ2) is 8.98. The Bertz CT molecular complexity index is 929. The van der Waals surface area contributed by atoms with Crippen molar-refractivity contribution >= 4 is 23.4 Å². The summed E-state index contributed by atoms with van der Waals surface area (Å²) in [5.74, 6) is -1.49. The lowest BCUT2D eigenvalue weighted by Crippen LogP contribution is -2.31. The number of esters is 1. The molecule has 0 unspecified atom stereocenters. The molecular formula is C20H22N2O6. The molecule has 8 nitrogen and oxygen atoms in total. The van der Waals surface area contributed by atoms with Crippen molar-refractivity contribution in [3.63, 3.8) is 0 Å². The second-order valence-corrected chi connectivity index (χ2v) is 6.15. The van der Waals surface area contributed by atoms with E-state index in [0.717, 1.165) is 0 Å². The van der Waals surface area contributed by atoms with E-state index in [2.05, 4.69) is 10.3 Å². The molecule has 2 aromatic rings. The first kappa shape index (κ1) is 20.9. The fourth-order valence-corrected chi connectivity index (χ4v) is 2.91. The monoisotopic (exact) mass is 386 g/mol. The van der Waals surface area contributed by atoms with Crippen LogP contribution in [0.1, 0.15) is 49.4 Å². The number of rotatable bonds is 8. The molecule has 2 N–H and O–H groups in total. The lowest BCUT2D eigenvalue weighted by molar-refractivity contribution is -0.141. The van der Waals surface area contributed by atoms with Gasteiger partial charge in [0, 0.05) is 11.3 Å². The first-order valence-corrected chi connectivity index (χ1v) is 8.56. The van der Waals surface area contributed by atoms with Crippen molar-refractivity contribution in [2.75, 3.05) is 20.3 Å². The summed E-state index contributed by atoms with van der Waals surface area (Å²) in [6.45, 7) is 3.87. The number of aryl methyl sites for hydroxylation is 1. The van der Waals surface area contributed by atoms with E-state index in [1.807, 2.05) is 0 Å². The molecule has 0 aliphatic rings. The highest BCUT2D eigenvalue weighted by Crippen LogP contribution is 2.19. The van der Waals surface area contributed by atoms with E-state index in [4.69, 9.17) is 9.47 Å². The number of aromatic amines is 1. The number of Topliss-reactive ketones (excluding diaryl/α,β-unsaturated/α-hetero) is 2. The van der Waals surface area contributed by atoms with Crippen LogP contribution in [-0.2, 0) is 9.53 Å². The summed E-state index contributed by atoms with van der Waals surface area (Å²) in [6.07, 6.45) is 0. The Morgan fingerprint density at radius 2 is 1.79 bits per heavy atom. The molecule has 0 aliphatic carbocycles. The van der Waals surface area contributed by atoms with E-state index in [1.165, 1.54) is 14.0 Å². The van der Waals surface area contributed by atoms with Crippen LogP contribution in [0, 0.1) is 13.8 Å². The van der Waals surface area contributed by atoms with E-state index in [0.29, 0.717) is 22.6 Å². The smallest absolute Gasteiger partial charge is 0.325 e. The molecule has 8 heteroatoms. The zero-order valence-electron chi connectivity index (χ0n) is 16.2. The molecule has 1 aromatic heterocycles. The van der Waals surface area contributed by atoms with Gasteiger partial charge in [-0.3, -0.25) is 19.2 Å². The van der Waals surface area contributed by atoms with Crippen molar-refractivity contribution in [1.82, 2.24) is 10.3 Å². The van der Waals surface area contributed by atoms with Gasteiger partial charge in [0.2, 0.25) is 5.78 Å². The van der Waals surface area contributed by atoms with Gasteiger partial charge in [0.15, 0.2) is 12.4 Å². The van der Waals surface area contributed by atoms with Gasteiger partial charge < -0.3 is 19.8 Å². The normalized spacial score (nSPS) is 10.3. The van der Waals surface area contributed by atoms with Crippen molar-refractivity contribution < 1.29 is 28.7 Å². The van der Waals surface area contributed by atoms with E-state index >= 15 is 0 Å². The van der Waals surface area contributed by atoms with Crippen LogP contribution >= 0.6 is 0 Å². The van der Waals surface area contributed by atoms with Gasteiger partial charge in [0.1, 0.15) is 12.3 Å². The van der Waals surface area contributed by atoms with Gasteiger partial charge in [-0.05, 0) is 38.5 Å². The Morgan fingerprint density at radius 3 is 2.39 bits per heavy atom. The first-order chi connectivity index (χ1) is 13.3. The number of carbonyl (C=O) groups is 4. The maximum absolute atomic E-state index is 12.3. The minimum atomic E-state index is -0.760. The molecule has 0 saturated carbocycles. The Hall–Kier alpha value is -3.42. The third-order valence-electron chi connectivity index (χ3n) is 4.18. The molecule has 2 rings (SSSR count). The summed E-state index contributed by atoms with van der Waals surface area (Å²) in [4.78, 5) is 50.8. The predicted octanol–water partition coefficient (Wildman–Crippen LogP) is 2.00. The van der Waals surface area contributed by atoms with Crippen LogP contribution in [0.5, 0.6) is 5.75 Å². The summed E-state index contributed by atoms with van der Waals surface area (Å²) in [5.41, 5.74) is 2.08. The van der Waals surface area contributed by atoms with E-state index in [-0.39, 0.29) is 17.0 Å². The van der Waals surface area contributed by atoms with Crippen LogP contribution in [0.25, 0.3) is 0 Å². The van der Waals surface area contributed by atoms with Crippen molar-refractivity contribution in [1.29, 1.82) is 0 Å². The highest BCUT2D eigenvalue weighted by Gasteiger charge is 2.21. The number of ketones is 2. The number of para-hydroxylation sites is 1. The van der Waals surface area contributed by atoms with Gasteiger partial charge in [-0.1, -0.05) is 12.1 Å². The minimum Gasteiger partial charge on any atom is -0.496 e. The van der Waals surface area contributed by atoms with Gasteiger partial charge in [-0.2, -0.15) is 0 Å². The molecule has 0 fully saturated rings. The van der Waals surface area contributed by atoms with Crippen LogP contribution in [0.2, 0.25) is 0 Å². The topological polar surface area (TPSA) is 115 Å². The van der Waals surface area contributed by atoms with Crippen LogP contribution < -0.4 is 10.1 Å². The Balaban J connectivity index is 1.91. The van der Waals surface area contributed by atoms with Crippen molar-refractivity contribution in [3.05, 3.63) is 52.3 Å². The zero-order chi connectivity index (χ0) is 20.8. The zero-order valence-corrected chi connectivity index (χ0v) is 16.2. The average molecular weight is 386 g/mol. The number of hydrogen-bond acceptors (Lipinski definition) is 6. The Labute approximate surface area is 162 Å². The molecule has 0 radical (unpaired) electrons. The van der Waals surface area contributed by atoms with Crippen molar-refractivity contribution in [2.24, 2.45) is 0 Å². The summed E-state index contributed by atoms with van der Waals surface area (Å²) in [6, 6.07) is 6.58. The third kappa shape index (κ3) is 4.64. The molecule has 0 atom stereocenters. The van der Waals surface area contributed by atoms with Crippen molar-refractivity contribution in [2.45, 2.75) is 20.8 Å². The lowest BCUT2D eigenvalue weighted by Gasteiger charge is -2.09. The van der Waals surface area contributed by atoms with Gasteiger partial charge in [0.25, 0.3) is 5.91 Å². The Morgan fingerprint density at radius 1 is 1.11 bits per heavy atom. The third-order valence-corrected chi connectivity index (χ3v) is 4.18. The summed E-state index contributed by atoms with van der Waals surface area (Å²) < 4.78 is 10.0. The molecule has 28 heavy (non-hydrogen) atoms. The van der Waals surface area contributed by atoms with Crippen LogP contribution in [0.4, 0.5) is 0 Å². The number of methoxy groups -OCH3 is 1. The fourth-order valence-electron chi connectivity index (χ4n) is 2.91. The van der Waals surface area contributed by atoms with Crippen molar-refractivity contribution in [3.8, 4) is 5.75 Å². The standard InChI is InChI=1S/C20H22N2O6/c1-11-18(13(3)23)12(2)22-19(11)15(24)10-28-17(25)9-21-20(26)14-7-5-6-8-16(14)27-4/h5-8,22H,9-10H2,1-4H3,(H,21,26). The van der Waals surface area contributed by atoms with Crippen LogP contribution in [0.15, 0.2) is 24.3 Å². The number of H-pyrrole nitrogens is 1. The molecule has 1 heterocycles. The number of carbonyl (C=O) groups excluding carboxylic acids is 4. The summed E-state index contributed by atoms with van der Waals surface area (Å²) >= 11 is 0. The molecule has 0 aliphatic heterocycles. The molecule has 0 bridgehead atoms. The maximum atomic E-state index is 12.3. The SMILES string of the molecule is COc1ccccc1C(=O)NCC(=O)OCC(=O)c1[nH]c(C)c(C(C)=O)c1C. The average Bonchev–Trinajstić information content (AvgIpc) is 2.98. The molecule has 0 saturated heterocycles. The lowest BCUT2D eigenvalue weighted by atomic mass is 10.1. The molecule has 148 valence electrons. The van der Waals surface area contributed by atoms with Gasteiger partial charge in [0.05, 0.1) is 18.4 Å². The maximum Gasteiger partial charge on any atom is 0.325 e. The van der Waals surface area contributed by atoms with E-state index in [1.54, 1.807) is 38.1 Å². The number of benzene rings is 1. The minimum absolute atomic E-state index is 0.152. The summed E-state index contributed by atoms with van der Waals surface area (Å²) in [5, 5.41) is 2.42. The largest absolute Gasteiger partial charge is 0.496 e. The van der Waals surface area contributed by atoms with Gasteiger partial charge in [-0.25, -0.2) is 0 Å². The molecule has 1 amide bonds. The fraction of sp³-hybridized carbons (Fsp3) is 0.300. The number of aromatic nitrogens is 1. The van der Waals surface area contributed by atoms with Gasteiger partial charge in [-0.15, -0.1) is 0 Å². The van der Waals surface area contributed by atoms with Crippen LogP contribution in [-0.4, -0.2) is 48.7 Å². The number of ether oxygens (including phenoxy) is 2. The molecule has 1 aromatic carbocycles. The Kier molecular flexibility index (Phi) is 6.70.